The van der Waals surface area contributed by atoms with Crippen molar-refractivity contribution in [2.24, 2.45) is 0 Å². The molecule has 2 heterocycles. The van der Waals surface area contributed by atoms with Crippen molar-refractivity contribution < 1.29 is 4.74 Å². The third-order valence-corrected chi connectivity index (χ3v) is 2.64. The van der Waals surface area contributed by atoms with Crippen LogP contribution in [0.15, 0.2) is 41.2 Å². The summed E-state index contributed by atoms with van der Waals surface area (Å²) in [6, 6.07) is 10.4. The van der Waals surface area contributed by atoms with Crippen LogP contribution in [0.2, 0.25) is 0 Å². The molecule has 0 aliphatic heterocycles. The molecule has 0 atom stereocenters. The molecule has 2 aromatic heterocycles. The van der Waals surface area contributed by atoms with Gasteiger partial charge in [0.15, 0.2) is 11.5 Å². The summed E-state index contributed by atoms with van der Waals surface area (Å²) in [6.07, 6.45) is 0. The molecule has 0 aliphatic rings. The number of rotatable bonds is 2. The second-order valence-electron chi connectivity index (χ2n) is 3.76. The van der Waals surface area contributed by atoms with Gasteiger partial charge in [0.2, 0.25) is 0 Å². The Balaban J connectivity index is 2.18. The monoisotopic (exact) mass is 242 g/mol. The summed E-state index contributed by atoms with van der Waals surface area (Å²) in [5.41, 5.74) is 1.25. The van der Waals surface area contributed by atoms with Gasteiger partial charge in [0.05, 0.1) is 7.11 Å². The van der Waals surface area contributed by atoms with Gasteiger partial charge in [-0.15, -0.1) is 10.2 Å². The molecule has 0 amide bonds. The van der Waals surface area contributed by atoms with Crippen LogP contribution in [-0.4, -0.2) is 26.9 Å². The first kappa shape index (κ1) is 10.5. The maximum atomic E-state index is 11.3. The van der Waals surface area contributed by atoms with Crippen molar-refractivity contribution in [3.05, 3.63) is 46.8 Å². The molecule has 0 unspecified atom stereocenters. The van der Waals surface area contributed by atoms with Crippen LogP contribution in [0.4, 0.5) is 0 Å². The smallest absolute Gasteiger partial charge is 0.263 e. The number of hydrogen-bond acceptors (Lipinski definition) is 4. The van der Waals surface area contributed by atoms with E-state index in [4.69, 9.17) is 4.74 Å². The number of nitrogens with one attached hydrogen (secondary N) is 1. The molecule has 6 nitrogen and oxygen atoms in total. The van der Waals surface area contributed by atoms with Crippen molar-refractivity contribution >= 4 is 5.65 Å². The number of nitrogens with zero attached hydrogens (tertiary/aromatic N) is 3. The number of aromatic nitrogens is 4. The molecule has 0 spiro atoms. The highest BCUT2D eigenvalue weighted by atomic mass is 16.5. The van der Waals surface area contributed by atoms with Gasteiger partial charge in [0.1, 0.15) is 5.75 Å². The highest BCUT2D eigenvalue weighted by Gasteiger charge is 2.08. The van der Waals surface area contributed by atoms with Crippen LogP contribution in [0.5, 0.6) is 5.75 Å². The first-order valence-corrected chi connectivity index (χ1v) is 5.37. The lowest BCUT2D eigenvalue weighted by atomic mass is 10.2. The van der Waals surface area contributed by atoms with Gasteiger partial charge >= 0.3 is 0 Å². The molecule has 18 heavy (non-hydrogen) atoms. The number of fused-ring (bicyclic) bond motifs is 1. The summed E-state index contributed by atoms with van der Waals surface area (Å²) < 4.78 is 6.65. The topological polar surface area (TPSA) is 72.3 Å². The van der Waals surface area contributed by atoms with E-state index in [1.165, 1.54) is 6.07 Å². The van der Waals surface area contributed by atoms with Gasteiger partial charge in [-0.3, -0.25) is 9.89 Å². The molecular weight excluding hydrogens is 232 g/mol. The van der Waals surface area contributed by atoms with Crippen LogP contribution in [0.25, 0.3) is 17.0 Å². The Morgan fingerprint density at radius 2 is 1.89 bits per heavy atom. The van der Waals surface area contributed by atoms with Gasteiger partial charge in [-0.2, -0.15) is 0 Å². The number of ether oxygens (including phenoxy) is 1. The van der Waals surface area contributed by atoms with Gasteiger partial charge in [-0.1, -0.05) is 0 Å². The third-order valence-electron chi connectivity index (χ3n) is 2.64. The maximum Gasteiger partial charge on any atom is 0.263 e. The standard InChI is InChI=1S/C12H10N4O2/c1-18-9-4-2-8(3-5-9)12-14-13-10-6-7-11(17)15-16(10)12/h2-7H,1H3,(H,15,17). The molecule has 3 aromatic rings. The van der Waals surface area contributed by atoms with E-state index in [1.54, 1.807) is 17.7 Å². The lowest BCUT2D eigenvalue weighted by Crippen LogP contribution is -2.09. The number of aromatic amines is 1. The Hall–Kier alpha value is -2.63. The average molecular weight is 242 g/mol. The van der Waals surface area contributed by atoms with Crippen molar-refractivity contribution in [1.82, 2.24) is 19.8 Å². The molecule has 0 aliphatic carbocycles. The van der Waals surface area contributed by atoms with Crippen LogP contribution in [-0.2, 0) is 0 Å². The van der Waals surface area contributed by atoms with E-state index in [9.17, 15) is 4.79 Å². The highest BCUT2D eigenvalue weighted by Crippen LogP contribution is 2.20. The zero-order chi connectivity index (χ0) is 12.5. The summed E-state index contributed by atoms with van der Waals surface area (Å²) in [7, 11) is 1.61. The average Bonchev–Trinajstić information content (AvgIpc) is 2.82. The minimum Gasteiger partial charge on any atom is -0.497 e. The Morgan fingerprint density at radius 1 is 1.11 bits per heavy atom. The molecule has 0 radical (unpaired) electrons. The number of hydrogen-bond donors (Lipinski definition) is 1. The summed E-state index contributed by atoms with van der Waals surface area (Å²) in [5, 5.41) is 10.7. The van der Waals surface area contributed by atoms with E-state index >= 15 is 0 Å². The van der Waals surface area contributed by atoms with E-state index in [0.717, 1.165) is 11.3 Å². The van der Waals surface area contributed by atoms with E-state index in [0.29, 0.717) is 11.5 Å². The zero-order valence-electron chi connectivity index (χ0n) is 9.62. The number of methoxy groups -OCH3 is 1. The molecular formula is C12H10N4O2. The first-order chi connectivity index (χ1) is 8.78. The molecule has 0 fully saturated rings. The fraction of sp³-hybridized carbons (Fsp3) is 0.0833. The van der Waals surface area contributed by atoms with Gasteiger partial charge < -0.3 is 4.74 Å². The van der Waals surface area contributed by atoms with Crippen molar-refractivity contribution in [2.75, 3.05) is 7.11 Å². The Labute approximate surface area is 102 Å². The van der Waals surface area contributed by atoms with E-state index in [1.807, 2.05) is 24.3 Å². The second kappa shape index (κ2) is 3.99. The Morgan fingerprint density at radius 3 is 2.61 bits per heavy atom. The van der Waals surface area contributed by atoms with Crippen LogP contribution < -0.4 is 10.3 Å². The fourth-order valence-corrected chi connectivity index (χ4v) is 1.74. The van der Waals surface area contributed by atoms with Crippen LogP contribution in [0, 0.1) is 0 Å². The largest absolute Gasteiger partial charge is 0.497 e. The molecule has 90 valence electrons. The first-order valence-electron chi connectivity index (χ1n) is 5.37. The molecule has 0 saturated carbocycles. The third kappa shape index (κ3) is 1.64. The number of H-pyrrole nitrogens is 1. The zero-order valence-corrected chi connectivity index (χ0v) is 9.62. The normalized spacial score (nSPS) is 10.7. The Kier molecular flexibility index (Phi) is 2.33. The van der Waals surface area contributed by atoms with Crippen LogP contribution in [0.3, 0.4) is 0 Å². The van der Waals surface area contributed by atoms with Crippen molar-refractivity contribution in [3.8, 4) is 17.1 Å². The molecule has 1 N–H and O–H groups in total. The van der Waals surface area contributed by atoms with E-state index < -0.39 is 0 Å². The lowest BCUT2D eigenvalue weighted by Gasteiger charge is -2.01. The lowest BCUT2D eigenvalue weighted by molar-refractivity contribution is 0.415. The summed E-state index contributed by atoms with van der Waals surface area (Å²) >= 11 is 0. The molecule has 0 bridgehead atoms. The fourth-order valence-electron chi connectivity index (χ4n) is 1.74. The number of benzene rings is 1. The summed E-state index contributed by atoms with van der Waals surface area (Å²) in [4.78, 5) is 11.3. The summed E-state index contributed by atoms with van der Waals surface area (Å²) in [5.74, 6) is 1.35. The van der Waals surface area contributed by atoms with E-state index in [-0.39, 0.29) is 5.56 Å². The van der Waals surface area contributed by atoms with Crippen LogP contribution in [0.1, 0.15) is 0 Å². The van der Waals surface area contributed by atoms with Crippen LogP contribution >= 0.6 is 0 Å². The molecule has 0 saturated heterocycles. The second-order valence-corrected chi connectivity index (χ2v) is 3.76. The quantitative estimate of drug-likeness (QED) is 0.730. The van der Waals surface area contributed by atoms with E-state index in [2.05, 4.69) is 15.3 Å². The van der Waals surface area contributed by atoms with Gasteiger partial charge in [0, 0.05) is 11.6 Å². The molecule has 3 rings (SSSR count). The van der Waals surface area contributed by atoms with Gasteiger partial charge in [0.25, 0.3) is 5.56 Å². The van der Waals surface area contributed by atoms with Crippen molar-refractivity contribution in [3.63, 3.8) is 0 Å². The SMILES string of the molecule is COc1ccc(-c2nnc3ccc(=O)[nH]n23)cc1. The highest BCUT2D eigenvalue weighted by molar-refractivity contribution is 5.59. The van der Waals surface area contributed by atoms with Gasteiger partial charge in [-0.25, -0.2) is 4.52 Å². The minimum absolute atomic E-state index is 0.197. The minimum atomic E-state index is -0.197. The van der Waals surface area contributed by atoms with Crippen molar-refractivity contribution in [1.29, 1.82) is 0 Å². The summed E-state index contributed by atoms with van der Waals surface area (Å²) in [6.45, 7) is 0. The predicted octanol–water partition coefficient (Wildman–Crippen LogP) is 1.09. The maximum absolute atomic E-state index is 11.3. The predicted molar refractivity (Wildman–Crippen MR) is 65.6 cm³/mol. The van der Waals surface area contributed by atoms with Gasteiger partial charge in [-0.05, 0) is 30.3 Å². The Bertz CT molecular complexity index is 743. The van der Waals surface area contributed by atoms with Crippen molar-refractivity contribution in [2.45, 2.75) is 0 Å². The molecule has 1 aromatic carbocycles. The molecule has 6 heteroatoms.